The third kappa shape index (κ3) is 4.69. The van der Waals surface area contributed by atoms with E-state index in [9.17, 15) is 14.7 Å². The monoisotopic (exact) mass is 465 g/mol. The molecular weight excluding hydrogens is 445 g/mol. The lowest BCUT2D eigenvalue weighted by Gasteiger charge is -2.26. The van der Waals surface area contributed by atoms with Crippen molar-refractivity contribution in [2.45, 2.75) is 13.1 Å². The average molecular weight is 466 g/mol. The third-order valence-electron chi connectivity index (χ3n) is 5.14. The number of fused-ring (bicyclic) bond motifs is 1. The van der Waals surface area contributed by atoms with Crippen molar-refractivity contribution < 1.29 is 14.6 Å². The topological polar surface area (TPSA) is 101 Å². The van der Waals surface area contributed by atoms with Crippen LogP contribution in [0.1, 0.15) is 16.1 Å². The van der Waals surface area contributed by atoms with Gasteiger partial charge in [0.25, 0.3) is 5.91 Å². The molecule has 1 saturated heterocycles. The lowest BCUT2D eigenvalue weighted by Crippen LogP contribution is -2.38. The Labute approximate surface area is 187 Å². The number of hydrogen-bond donors (Lipinski definition) is 2. The summed E-state index contributed by atoms with van der Waals surface area (Å²) in [6, 6.07) is 4.98. The van der Waals surface area contributed by atoms with Gasteiger partial charge >= 0.3 is 5.56 Å². The molecule has 3 aromatic rings. The van der Waals surface area contributed by atoms with Crippen LogP contribution in [0.3, 0.4) is 0 Å². The molecule has 11 heteroatoms. The number of aromatic hydroxyl groups is 1. The van der Waals surface area contributed by atoms with E-state index >= 15 is 0 Å². The molecule has 3 heterocycles. The van der Waals surface area contributed by atoms with Gasteiger partial charge in [0.15, 0.2) is 5.69 Å². The SMILES string of the molecule is O=C(NCc1ccc(Cl)c(Cl)c1)c1nc2n(CCN3CCOCC3)ccn2c(=O)c1O. The Morgan fingerprint density at radius 3 is 2.68 bits per heavy atom. The van der Waals surface area contributed by atoms with Crippen LogP contribution in [-0.4, -0.2) is 62.7 Å². The number of halogens is 2. The Kier molecular flexibility index (Phi) is 6.47. The fourth-order valence-corrected chi connectivity index (χ4v) is 3.71. The Bertz CT molecular complexity index is 1170. The predicted octanol–water partition coefficient (Wildman–Crippen LogP) is 1.77. The maximum atomic E-state index is 12.7. The second-order valence-electron chi connectivity index (χ2n) is 7.16. The van der Waals surface area contributed by atoms with Crippen LogP contribution in [0.15, 0.2) is 35.4 Å². The van der Waals surface area contributed by atoms with E-state index in [1.807, 2.05) is 0 Å². The number of nitrogens with one attached hydrogen (secondary N) is 1. The minimum atomic E-state index is -0.699. The number of benzene rings is 1. The first kappa shape index (κ1) is 21.6. The van der Waals surface area contributed by atoms with Crippen molar-refractivity contribution in [2.24, 2.45) is 0 Å². The summed E-state index contributed by atoms with van der Waals surface area (Å²) in [4.78, 5) is 31.7. The third-order valence-corrected chi connectivity index (χ3v) is 5.88. The quantitative estimate of drug-likeness (QED) is 0.575. The Morgan fingerprint density at radius 1 is 1.16 bits per heavy atom. The highest BCUT2D eigenvalue weighted by molar-refractivity contribution is 6.42. The second-order valence-corrected chi connectivity index (χ2v) is 7.98. The van der Waals surface area contributed by atoms with Gasteiger partial charge in [0.05, 0.1) is 23.3 Å². The summed E-state index contributed by atoms with van der Waals surface area (Å²) < 4.78 is 8.36. The zero-order valence-corrected chi connectivity index (χ0v) is 18.1. The molecule has 0 spiro atoms. The largest absolute Gasteiger partial charge is 0.501 e. The standard InChI is InChI=1S/C20H21Cl2N5O4/c21-14-2-1-13(11-15(14)22)12-23-18(29)16-17(28)19(30)27-6-5-26(20(27)24-16)4-3-25-7-9-31-10-8-25/h1-2,5-6,11,28H,3-4,7-10,12H2,(H,23,29). The van der Waals surface area contributed by atoms with Gasteiger partial charge in [-0.05, 0) is 17.7 Å². The van der Waals surface area contributed by atoms with Crippen molar-refractivity contribution in [3.63, 3.8) is 0 Å². The van der Waals surface area contributed by atoms with Gasteiger partial charge in [0.2, 0.25) is 11.5 Å². The molecule has 1 amide bonds. The van der Waals surface area contributed by atoms with E-state index < -0.39 is 17.2 Å². The first-order valence-electron chi connectivity index (χ1n) is 9.76. The first-order valence-corrected chi connectivity index (χ1v) is 10.5. The number of nitrogens with zero attached hydrogens (tertiary/aromatic N) is 4. The summed E-state index contributed by atoms with van der Waals surface area (Å²) >= 11 is 11.9. The van der Waals surface area contributed by atoms with Gasteiger partial charge in [-0.2, -0.15) is 0 Å². The molecular formula is C20H21Cl2N5O4. The molecule has 1 aliphatic rings. The number of ether oxygens (including phenoxy) is 1. The summed E-state index contributed by atoms with van der Waals surface area (Å²) in [5.74, 6) is -1.07. The highest BCUT2D eigenvalue weighted by Crippen LogP contribution is 2.22. The summed E-state index contributed by atoms with van der Waals surface area (Å²) in [6.45, 7) is 4.55. The number of aromatic nitrogens is 3. The average Bonchev–Trinajstić information content (AvgIpc) is 3.19. The minimum absolute atomic E-state index is 0.133. The number of carbonyl (C=O) groups excluding carboxylic acids is 1. The highest BCUT2D eigenvalue weighted by Gasteiger charge is 2.20. The second kappa shape index (κ2) is 9.27. The lowest BCUT2D eigenvalue weighted by molar-refractivity contribution is 0.0365. The number of hydrogen-bond acceptors (Lipinski definition) is 6. The molecule has 0 aliphatic carbocycles. The normalized spacial score (nSPS) is 14.8. The molecule has 164 valence electrons. The van der Waals surface area contributed by atoms with E-state index in [0.717, 1.165) is 19.6 Å². The Hall–Kier alpha value is -2.59. The fourth-order valence-electron chi connectivity index (χ4n) is 3.39. The van der Waals surface area contributed by atoms with Gasteiger partial charge in [0.1, 0.15) is 0 Å². The van der Waals surface area contributed by atoms with Crippen LogP contribution >= 0.6 is 23.2 Å². The van der Waals surface area contributed by atoms with Crippen molar-refractivity contribution in [1.29, 1.82) is 0 Å². The van der Waals surface area contributed by atoms with Gasteiger partial charge in [-0.25, -0.2) is 9.38 Å². The van der Waals surface area contributed by atoms with Crippen LogP contribution in [-0.2, 0) is 17.8 Å². The molecule has 0 saturated carbocycles. The van der Waals surface area contributed by atoms with Crippen molar-refractivity contribution in [2.75, 3.05) is 32.8 Å². The molecule has 1 fully saturated rings. The predicted molar refractivity (Wildman–Crippen MR) is 116 cm³/mol. The van der Waals surface area contributed by atoms with E-state index in [2.05, 4.69) is 15.2 Å². The van der Waals surface area contributed by atoms with Gasteiger partial charge in [0, 0.05) is 45.1 Å². The fraction of sp³-hybridized carbons (Fsp3) is 0.350. The number of morpholine rings is 1. The molecule has 4 rings (SSSR count). The number of rotatable bonds is 6. The summed E-state index contributed by atoms with van der Waals surface area (Å²) in [7, 11) is 0. The van der Waals surface area contributed by atoms with Crippen LogP contribution in [0.4, 0.5) is 0 Å². The molecule has 0 radical (unpaired) electrons. The Balaban J connectivity index is 1.53. The van der Waals surface area contributed by atoms with Crippen molar-refractivity contribution in [1.82, 2.24) is 24.2 Å². The minimum Gasteiger partial charge on any atom is -0.501 e. The summed E-state index contributed by atoms with van der Waals surface area (Å²) in [5, 5.41) is 13.7. The molecule has 0 atom stereocenters. The molecule has 9 nitrogen and oxygen atoms in total. The van der Waals surface area contributed by atoms with Crippen LogP contribution in [0.25, 0.3) is 5.78 Å². The zero-order valence-electron chi connectivity index (χ0n) is 16.6. The maximum absolute atomic E-state index is 12.7. The van der Waals surface area contributed by atoms with Gasteiger partial charge in [-0.1, -0.05) is 29.3 Å². The van der Waals surface area contributed by atoms with E-state index in [1.54, 1.807) is 29.0 Å². The van der Waals surface area contributed by atoms with Gasteiger partial charge < -0.3 is 19.7 Å². The van der Waals surface area contributed by atoms with E-state index in [0.29, 0.717) is 35.4 Å². The van der Waals surface area contributed by atoms with E-state index in [-0.39, 0.29) is 18.0 Å². The van der Waals surface area contributed by atoms with Crippen molar-refractivity contribution >= 4 is 34.9 Å². The van der Waals surface area contributed by atoms with E-state index in [4.69, 9.17) is 27.9 Å². The molecule has 1 aliphatic heterocycles. The highest BCUT2D eigenvalue weighted by atomic mass is 35.5. The van der Waals surface area contributed by atoms with Crippen LogP contribution < -0.4 is 10.9 Å². The molecule has 2 aromatic heterocycles. The molecule has 1 aromatic carbocycles. The molecule has 0 unspecified atom stereocenters. The van der Waals surface area contributed by atoms with Gasteiger partial charge in [-0.3, -0.25) is 14.5 Å². The van der Waals surface area contributed by atoms with Crippen molar-refractivity contribution in [3.05, 3.63) is 62.2 Å². The number of imidazole rings is 1. The lowest BCUT2D eigenvalue weighted by atomic mass is 10.2. The van der Waals surface area contributed by atoms with Crippen LogP contribution in [0.2, 0.25) is 10.0 Å². The molecule has 2 N–H and O–H groups in total. The van der Waals surface area contributed by atoms with Crippen LogP contribution in [0, 0.1) is 0 Å². The number of amides is 1. The van der Waals surface area contributed by atoms with E-state index in [1.165, 1.54) is 10.6 Å². The van der Waals surface area contributed by atoms with Crippen LogP contribution in [0.5, 0.6) is 5.75 Å². The Morgan fingerprint density at radius 2 is 1.94 bits per heavy atom. The molecule has 0 bridgehead atoms. The summed E-state index contributed by atoms with van der Waals surface area (Å²) in [6.07, 6.45) is 3.24. The smallest absolute Gasteiger partial charge is 0.302 e. The zero-order chi connectivity index (χ0) is 22.0. The maximum Gasteiger partial charge on any atom is 0.302 e. The van der Waals surface area contributed by atoms with Gasteiger partial charge in [-0.15, -0.1) is 0 Å². The first-order chi connectivity index (χ1) is 14.9. The number of carbonyl (C=O) groups is 1. The summed E-state index contributed by atoms with van der Waals surface area (Å²) in [5.41, 5.74) is -0.305. The van der Waals surface area contributed by atoms with Crippen molar-refractivity contribution in [3.8, 4) is 5.75 Å². The molecule has 31 heavy (non-hydrogen) atoms.